The monoisotopic (exact) mass is 404 g/mol. The van der Waals surface area contributed by atoms with E-state index in [1.54, 1.807) is 42.5 Å². The Balaban J connectivity index is 1.78. The van der Waals surface area contributed by atoms with Crippen LogP contribution in [0.3, 0.4) is 0 Å². The second kappa shape index (κ2) is 11.2. The van der Waals surface area contributed by atoms with Crippen LogP contribution in [0.25, 0.3) is 0 Å². The van der Waals surface area contributed by atoms with Gasteiger partial charge in [0.05, 0.1) is 13.2 Å². The van der Waals surface area contributed by atoms with Crippen LogP contribution < -0.4 is 20.1 Å². The number of amides is 2. The SMILES string of the molecule is CCOc1ccc(NC(=O)CCCNC(=O)c2ccc(Cl)cc2)cc1OCC. The van der Waals surface area contributed by atoms with Gasteiger partial charge in [-0.05, 0) is 56.7 Å². The molecule has 7 heteroatoms. The number of halogens is 1. The highest BCUT2D eigenvalue weighted by Gasteiger charge is 2.09. The maximum absolute atomic E-state index is 12.1. The number of anilines is 1. The number of rotatable bonds is 10. The fourth-order valence-electron chi connectivity index (χ4n) is 2.51. The van der Waals surface area contributed by atoms with Gasteiger partial charge in [0.25, 0.3) is 5.91 Å². The summed E-state index contributed by atoms with van der Waals surface area (Å²) in [6.45, 7) is 5.23. The van der Waals surface area contributed by atoms with Crippen LogP contribution in [-0.2, 0) is 4.79 Å². The Morgan fingerprint density at radius 1 is 0.964 bits per heavy atom. The molecule has 2 N–H and O–H groups in total. The molecule has 2 amide bonds. The average molecular weight is 405 g/mol. The van der Waals surface area contributed by atoms with Gasteiger partial charge >= 0.3 is 0 Å². The molecule has 150 valence electrons. The molecule has 0 saturated carbocycles. The fourth-order valence-corrected chi connectivity index (χ4v) is 2.63. The van der Waals surface area contributed by atoms with Gasteiger partial charge in [-0.15, -0.1) is 0 Å². The zero-order chi connectivity index (χ0) is 20.4. The molecule has 0 atom stereocenters. The van der Waals surface area contributed by atoms with Crippen molar-refractivity contribution >= 4 is 29.1 Å². The van der Waals surface area contributed by atoms with E-state index in [4.69, 9.17) is 21.1 Å². The highest BCUT2D eigenvalue weighted by molar-refractivity contribution is 6.30. The molecule has 0 spiro atoms. The van der Waals surface area contributed by atoms with Crippen LogP contribution in [0.2, 0.25) is 5.02 Å². The molecule has 6 nitrogen and oxygen atoms in total. The summed E-state index contributed by atoms with van der Waals surface area (Å²) in [5.41, 5.74) is 1.17. The summed E-state index contributed by atoms with van der Waals surface area (Å²) in [6.07, 6.45) is 0.818. The first-order chi connectivity index (χ1) is 13.5. The number of hydrogen-bond acceptors (Lipinski definition) is 4. The van der Waals surface area contributed by atoms with Crippen molar-refractivity contribution in [1.82, 2.24) is 5.32 Å². The lowest BCUT2D eigenvalue weighted by Gasteiger charge is -2.13. The lowest BCUT2D eigenvalue weighted by Crippen LogP contribution is -2.25. The summed E-state index contributed by atoms with van der Waals surface area (Å²) in [5, 5.41) is 6.20. The quantitative estimate of drug-likeness (QED) is 0.579. The van der Waals surface area contributed by atoms with Crippen molar-refractivity contribution < 1.29 is 19.1 Å². The Hall–Kier alpha value is -2.73. The second-order valence-electron chi connectivity index (χ2n) is 5.94. The van der Waals surface area contributed by atoms with Gasteiger partial charge in [0.2, 0.25) is 5.91 Å². The van der Waals surface area contributed by atoms with Crippen LogP contribution in [0.5, 0.6) is 11.5 Å². The predicted molar refractivity (Wildman–Crippen MR) is 110 cm³/mol. The summed E-state index contributed by atoms with van der Waals surface area (Å²) in [4.78, 5) is 24.1. The van der Waals surface area contributed by atoms with Gasteiger partial charge in [-0.2, -0.15) is 0 Å². The van der Waals surface area contributed by atoms with Crippen molar-refractivity contribution in [3.05, 3.63) is 53.1 Å². The van der Waals surface area contributed by atoms with Crippen LogP contribution >= 0.6 is 11.6 Å². The lowest BCUT2D eigenvalue weighted by atomic mass is 10.2. The molecular weight excluding hydrogens is 380 g/mol. The van der Waals surface area contributed by atoms with E-state index in [1.807, 2.05) is 13.8 Å². The van der Waals surface area contributed by atoms with Gasteiger partial charge in [0.1, 0.15) is 0 Å². The molecule has 2 aromatic carbocycles. The van der Waals surface area contributed by atoms with Crippen molar-refractivity contribution in [2.45, 2.75) is 26.7 Å². The number of benzene rings is 2. The third-order valence-corrected chi connectivity index (χ3v) is 4.05. The number of nitrogens with one attached hydrogen (secondary N) is 2. The minimum absolute atomic E-state index is 0.132. The largest absolute Gasteiger partial charge is 0.490 e. The summed E-state index contributed by atoms with van der Waals surface area (Å²) < 4.78 is 11.1. The first kappa shape index (κ1) is 21.6. The topological polar surface area (TPSA) is 76.7 Å². The van der Waals surface area contributed by atoms with Crippen molar-refractivity contribution in [2.75, 3.05) is 25.1 Å². The Morgan fingerprint density at radius 3 is 2.32 bits per heavy atom. The smallest absolute Gasteiger partial charge is 0.251 e. The van der Waals surface area contributed by atoms with E-state index < -0.39 is 0 Å². The molecule has 2 rings (SSSR count). The van der Waals surface area contributed by atoms with Crippen LogP contribution in [0.15, 0.2) is 42.5 Å². The molecule has 0 saturated heterocycles. The van der Waals surface area contributed by atoms with Gasteiger partial charge in [0, 0.05) is 35.3 Å². The minimum Gasteiger partial charge on any atom is -0.490 e. The van der Waals surface area contributed by atoms with Gasteiger partial charge in [0.15, 0.2) is 11.5 Å². The lowest BCUT2D eigenvalue weighted by molar-refractivity contribution is -0.116. The molecule has 0 heterocycles. The van der Waals surface area contributed by atoms with E-state index in [9.17, 15) is 9.59 Å². The van der Waals surface area contributed by atoms with Gasteiger partial charge in [-0.1, -0.05) is 11.6 Å². The number of hydrogen-bond donors (Lipinski definition) is 2. The molecular formula is C21H25ClN2O4. The Kier molecular flexibility index (Phi) is 8.62. The molecule has 0 aliphatic carbocycles. The van der Waals surface area contributed by atoms with Crippen molar-refractivity contribution in [3.8, 4) is 11.5 Å². The van der Waals surface area contributed by atoms with Gasteiger partial charge in [-0.25, -0.2) is 0 Å². The van der Waals surface area contributed by atoms with Crippen molar-refractivity contribution in [1.29, 1.82) is 0 Å². The molecule has 0 aromatic heterocycles. The molecule has 2 aromatic rings. The normalized spacial score (nSPS) is 10.2. The number of carbonyl (C=O) groups is 2. The summed E-state index contributed by atoms with van der Waals surface area (Å²) in [5.74, 6) is 0.918. The molecule has 0 bridgehead atoms. The molecule has 0 radical (unpaired) electrons. The molecule has 28 heavy (non-hydrogen) atoms. The Bertz CT molecular complexity index is 793. The number of carbonyl (C=O) groups excluding carboxylic acids is 2. The van der Waals surface area contributed by atoms with Crippen LogP contribution in [0.4, 0.5) is 5.69 Å². The van der Waals surface area contributed by atoms with E-state index in [0.717, 1.165) is 0 Å². The van der Waals surface area contributed by atoms with Gasteiger partial charge < -0.3 is 20.1 Å². The van der Waals surface area contributed by atoms with E-state index in [2.05, 4.69) is 10.6 Å². The minimum atomic E-state index is -0.190. The summed E-state index contributed by atoms with van der Waals surface area (Å²) >= 11 is 5.81. The first-order valence-electron chi connectivity index (χ1n) is 9.26. The summed E-state index contributed by atoms with van der Waals surface area (Å²) in [6, 6.07) is 11.9. The highest BCUT2D eigenvalue weighted by Crippen LogP contribution is 2.30. The molecule has 0 aliphatic rings. The third-order valence-electron chi connectivity index (χ3n) is 3.80. The van der Waals surface area contributed by atoms with Crippen LogP contribution in [0, 0.1) is 0 Å². The maximum Gasteiger partial charge on any atom is 0.251 e. The number of ether oxygens (including phenoxy) is 2. The maximum atomic E-state index is 12.1. The van der Waals surface area contributed by atoms with Crippen molar-refractivity contribution in [3.63, 3.8) is 0 Å². The van der Waals surface area contributed by atoms with Gasteiger partial charge in [-0.3, -0.25) is 9.59 Å². The molecule has 0 fully saturated rings. The predicted octanol–water partition coefficient (Wildman–Crippen LogP) is 4.29. The van der Waals surface area contributed by atoms with E-state index in [1.165, 1.54) is 0 Å². The van der Waals surface area contributed by atoms with Crippen molar-refractivity contribution in [2.24, 2.45) is 0 Å². The van der Waals surface area contributed by atoms with Crippen LogP contribution in [0.1, 0.15) is 37.0 Å². The Labute approximate surface area is 170 Å². The second-order valence-corrected chi connectivity index (χ2v) is 6.38. The Morgan fingerprint density at radius 2 is 1.64 bits per heavy atom. The van der Waals surface area contributed by atoms with E-state index >= 15 is 0 Å². The van der Waals surface area contributed by atoms with E-state index in [0.29, 0.717) is 54.0 Å². The van der Waals surface area contributed by atoms with Crippen LogP contribution in [-0.4, -0.2) is 31.6 Å². The summed E-state index contributed by atoms with van der Waals surface area (Å²) in [7, 11) is 0. The zero-order valence-electron chi connectivity index (χ0n) is 16.1. The fraction of sp³-hybridized carbons (Fsp3) is 0.333. The zero-order valence-corrected chi connectivity index (χ0v) is 16.8. The molecule has 0 unspecified atom stereocenters. The first-order valence-corrected chi connectivity index (χ1v) is 9.64. The van der Waals surface area contributed by atoms with E-state index in [-0.39, 0.29) is 18.2 Å². The third kappa shape index (κ3) is 6.78. The molecule has 0 aliphatic heterocycles. The highest BCUT2D eigenvalue weighted by atomic mass is 35.5. The standard InChI is InChI=1S/C21H25ClN2O4/c1-3-27-18-12-11-17(14-19(18)28-4-2)24-20(25)6-5-13-23-21(26)15-7-9-16(22)10-8-15/h7-12,14H,3-6,13H2,1-2H3,(H,23,26)(H,24,25). The average Bonchev–Trinajstić information content (AvgIpc) is 2.68.